The van der Waals surface area contributed by atoms with E-state index in [4.69, 9.17) is 4.74 Å². The van der Waals surface area contributed by atoms with Gasteiger partial charge in [-0.25, -0.2) is 4.39 Å². The molecule has 166 valence electrons. The maximum absolute atomic E-state index is 13.2. The summed E-state index contributed by atoms with van der Waals surface area (Å²) in [6.07, 6.45) is -4.51. The summed E-state index contributed by atoms with van der Waals surface area (Å²) in [6.45, 7) is 1.23. The van der Waals surface area contributed by atoms with Crippen molar-refractivity contribution in [3.63, 3.8) is 0 Å². The molecule has 2 amide bonds. The second-order valence-corrected chi connectivity index (χ2v) is 6.85. The summed E-state index contributed by atoms with van der Waals surface area (Å²) in [5.41, 5.74) is 0.486. The van der Waals surface area contributed by atoms with Gasteiger partial charge in [0, 0.05) is 16.9 Å². The van der Waals surface area contributed by atoms with E-state index in [1.54, 1.807) is 6.92 Å². The molecule has 32 heavy (non-hydrogen) atoms. The normalized spacial score (nSPS) is 11.0. The summed E-state index contributed by atoms with van der Waals surface area (Å²) >= 11 is 0. The molecule has 0 saturated heterocycles. The Hall–Kier alpha value is -3.88. The number of carbonyl (C=O) groups is 2. The van der Waals surface area contributed by atoms with Crippen LogP contribution >= 0.6 is 0 Å². The second-order valence-electron chi connectivity index (χ2n) is 6.85. The number of rotatable bonds is 6. The maximum Gasteiger partial charge on any atom is 0.416 e. The number of aryl methyl sites for hydroxylation is 1. The van der Waals surface area contributed by atoms with Crippen molar-refractivity contribution in [2.75, 3.05) is 17.2 Å². The van der Waals surface area contributed by atoms with Gasteiger partial charge in [0.15, 0.2) is 6.61 Å². The molecule has 5 nitrogen and oxygen atoms in total. The second kappa shape index (κ2) is 9.51. The van der Waals surface area contributed by atoms with E-state index >= 15 is 0 Å². The predicted octanol–water partition coefficient (Wildman–Crippen LogP) is 5.42. The molecule has 0 bridgehead atoms. The van der Waals surface area contributed by atoms with Gasteiger partial charge in [-0.05, 0) is 73.2 Å². The Morgan fingerprint density at radius 3 is 2.31 bits per heavy atom. The number of ether oxygens (including phenoxy) is 1. The molecule has 3 rings (SSSR count). The van der Waals surface area contributed by atoms with Gasteiger partial charge in [0.05, 0.1) is 5.56 Å². The third-order valence-corrected chi connectivity index (χ3v) is 4.40. The zero-order valence-corrected chi connectivity index (χ0v) is 16.8. The van der Waals surface area contributed by atoms with E-state index < -0.39 is 36.0 Å². The zero-order chi connectivity index (χ0) is 23.3. The highest BCUT2D eigenvalue weighted by Crippen LogP contribution is 2.30. The van der Waals surface area contributed by atoms with Crippen molar-refractivity contribution in [3.05, 3.63) is 89.2 Å². The molecule has 0 aliphatic carbocycles. The number of halogens is 4. The Morgan fingerprint density at radius 2 is 1.66 bits per heavy atom. The topological polar surface area (TPSA) is 67.4 Å². The Labute approximate surface area is 181 Å². The summed E-state index contributed by atoms with van der Waals surface area (Å²) in [7, 11) is 0. The van der Waals surface area contributed by atoms with Crippen molar-refractivity contribution in [2.24, 2.45) is 0 Å². The minimum absolute atomic E-state index is 0.00321. The molecule has 0 radical (unpaired) electrons. The van der Waals surface area contributed by atoms with Crippen LogP contribution in [-0.4, -0.2) is 18.4 Å². The van der Waals surface area contributed by atoms with E-state index in [1.807, 2.05) is 0 Å². The molecular weight excluding hydrogens is 428 g/mol. The van der Waals surface area contributed by atoms with Crippen LogP contribution in [0.15, 0.2) is 66.7 Å². The van der Waals surface area contributed by atoms with Gasteiger partial charge >= 0.3 is 6.18 Å². The van der Waals surface area contributed by atoms with Crippen LogP contribution in [-0.2, 0) is 11.0 Å². The highest BCUT2D eigenvalue weighted by molar-refractivity contribution is 6.04. The Bertz CT molecular complexity index is 1130. The standard InChI is InChI=1S/C23H18F4N2O3/c1-14-11-17(24)7-10-20(14)29-22(31)15-5-8-19(9-6-15)32-13-21(30)28-18-4-2-3-16(12-18)23(25,26)27/h2-12H,13H2,1H3,(H,28,30)(H,29,31). The van der Waals surface area contributed by atoms with E-state index in [0.717, 1.165) is 12.1 Å². The molecule has 3 aromatic carbocycles. The first kappa shape index (κ1) is 22.8. The predicted molar refractivity (Wildman–Crippen MR) is 111 cm³/mol. The van der Waals surface area contributed by atoms with Crippen molar-refractivity contribution < 1.29 is 31.9 Å². The number of nitrogens with one attached hydrogen (secondary N) is 2. The lowest BCUT2D eigenvalue weighted by Crippen LogP contribution is -2.20. The van der Waals surface area contributed by atoms with E-state index in [2.05, 4.69) is 10.6 Å². The van der Waals surface area contributed by atoms with Gasteiger partial charge in [-0.1, -0.05) is 6.07 Å². The van der Waals surface area contributed by atoms with Crippen molar-refractivity contribution in [1.82, 2.24) is 0 Å². The third-order valence-electron chi connectivity index (χ3n) is 4.40. The molecule has 0 unspecified atom stereocenters. The third kappa shape index (κ3) is 6.07. The Morgan fingerprint density at radius 1 is 0.938 bits per heavy atom. The summed E-state index contributed by atoms with van der Waals surface area (Å²) in [5, 5.41) is 5.01. The minimum Gasteiger partial charge on any atom is -0.484 e. The molecule has 9 heteroatoms. The van der Waals surface area contributed by atoms with Crippen LogP contribution in [0.1, 0.15) is 21.5 Å². The van der Waals surface area contributed by atoms with Gasteiger partial charge in [-0.2, -0.15) is 13.2 Å². The van der Waals surface area contributed by atoms with Crippen LogP contribution in [0.3, 0.4) is 0 Å². The summed E-state index contributed by atoms with van der Waals surface area (Å²) in [6, 6.07) is 14.2. The van der Waals surface area contributed by atoms with Crippen molar-refractivity contribution in [2.45, 2.75) is 13.1 Å². The first-order valence-corrected chi connectivity index (χ1v) is 9.39. The average molecular weight is 446 g/mol. The average Bonchev–Trinajstić information content (AvgIpc) is 2.74. The fourth-order valence-corrected chi connectivity index (χ4v) is 2.78. The van der Waals surface area contributed by atoms with E-state index in [-0.39, 0.29) is 5.69 Å². The fraction of sp³-hybridized carbons (Fsp3) is 0.130. The number of hydrogen-bond donors (Lipinski definition) is 2. The molecule has 0 aromatic heterocycles. The van der Waals surface area contributed by atoms with Gasteiger partial charge < -0.3 is 15.4 Å². The molecule has 0 saturated carbocycles. The highest BCUT2D eigenvalue weighted by Gasteiger charge is 2.30. The number of benzene rings is 3. The van der Waals surface area contributed by atoms with Gasteiger partial charge in [-0.3, -0.25) is 9.59 Å². The van der Waals surface area contributed by atoms with Crippen molar-refractivity contribution in [3.8, 4) is 5.75 Å². The Balaban J connectivity index is 1.54. The van der Waals surface area contributed by atoms with Crippen LogP contribution in [0.5, 0.6) is 5.75 Å². The van der Waals surface area contributed by atoms with Crippen LogP contribution in [0, 0.1) is 12.7 Å². The van der Waals surface area contributed by atoms with Crippen molar-refractivity contribution >= 4 is 23.2 Å². The lowest BCUT2D eigenvalue weighted by molar-refractivity contribution is -0.137. The van der Waals surface area contributed by atoms with Crippen LogP contribution < -0.4 is 15.4 Å². The molecule has 2 N–H and O–H groups in total. The monoisotopic (exact) mass is 446 g/mol. The molecule has 0 aliphatic heterocycles. The molecule has 0 atom stereocenters. The van der Waals surface area contributed by atoms with Gasteiger partial charge in [0.25, 0.3) is 11.8 Å². The lowest BCUT2D eigenvalue weighted by Gasteiger charge is -2.11. The molecular formula is C23H18F4N2O3. The lowest BCUT2D eigenvalue weighted by atomic mass is 10.1. The number of alkyl halides is 3. The van der Waals surface area contributed by atoms with E-state index in [9.17, 15) is 27.2 Å². The fourth-order valence-electron chi connectivity index (χ4n) is 2.78. The van der Waals surface area contributed by atoms with Crippen LogP contribution in [0.2, 0.25) is 0 Å². The summed E-state index contributed by atoms with van der Waals surface area (Å²) in [5.74, 6) is -1.16. The molecule has 0 spiro atoms. The number of carbonyl (C=O) groups excluding carboxylic acids is 2. The number of amides is 2. The number of hydrogen-bond acceptors (Lipinski definition) is 3. The quantitative estimate of drug-likeness (QED) is 0.497. The molecule has 0 heterocycles. The van der Waals surface area contributed by atoms with Gasteiger partial charge in [0.2, 0.25) is 0 Å². The number of anilines is 2. The molecule has 0 aliphatic rings. The SMILES string of the molecule is Cc1cc(F)ccc1NC(=O)c1ccc(OCC(=O)Nc2cccc(C(F)(F)F)c2)cc1. The van der Waals surface area contributed by atoms with Crippen molar-refractivity contribution in [1.29, 1.82) is 0 Å². The van der Waals surface area contributed by atoms with E-state index in [0.29, 0.717) is 22.6 Å². The molecule has 0 fully saturated rings. The largest absolute Gasteiger partial charge is 0.484 e. The molecule has 3 aromatic rings. The van der Waals surface area contributed by atoms with E-state index in [1.165, 1.54) is 54.6 Å². The highest BCUT2D eigenvalue weighted by atomic mass is 19.4. The smallest absolute Gasteiger partial charge is 0.416 e. The minimum atomic E-state index is -4.51. The van der Waals surface area contributed by atoms with Crippen LogP contribution in [0.4, 0.5) is 28.9 Å². The van der Waals surface area contributed by atoms with Gasteiger partial charge in [-0.15, -0.1) is 0 Å². The zero-order valence-electron chi connectivity index (χ0n) is 16.8. The maximum atomic E-state index is 13.2. The first-order chi connectivity index (χ1) is 15.1. The Kier molecular flexibility index (Phi) is 6.77. The van der Waals surface area contributed by atoms with Crippen LogP contribution in [0.25, 0.3) is 0 Å². The first-order valence-electron chi connectivity index (χ1n) is 9.39. The summed E-state index contributed by atoms with van der Waals surface area (Å²) < 4.78 is 56.7. The summed E-state index contributed by atoms with van der Waals surface area (Å²) in [4.78, 5) is 24.3. The van der Waals surface area contributed by atoms with Gasteiger partial charge in [0.1, 0.15) is 11.6 Å².